The Bertz CT molecular complexity index is 516. The normalized spacial score (nSPS) is 21.8. The number of rotatable bonds is 4. The van der Waals surface area contributed by atoms with Gasteiger partial charge in [-0.3, -0.25) is 9.89 Å². The molecule has 0 saturated carbocycles. The number of anilines is 1. The van der Waals surface area contributed by atoms with Crippen LogP contribution in [-0.2, 0) is 0 Å². The number of hydrogen-bond donors (Lipinski definition) is 1. The second-order valence-corrected chi connectivity index (χ2v) is 6.95. The zero-order valence-corrected chi connectivity index (χ0v) is 14.9. The van der Waals surface area contributed by atoms with Gasteiger partial charge in [-0.25, -0.2) is 0 Å². The number of aliphatic imine (C=N–C) groups is 1. The van der Waals surface area contributed by atoms with Crippen LogP contribution in [0.3, 0.4) is 0 Å². The van der Waals surface area contributed by atoms with Gasteiger partial charge in [-0.05, 0) is 38.3 Å². The Kier molecular flexibility index (Phi) is 5.96. The van der Waals surface area contributed by atoms with E-state index in [0.29, 0.717) is 6.04 Å². The summed E-state index contributed by atoms with van der Waals surface area (Å²) < 4.78 is 0. The lowest BCUT2D eigenvalue weighted by Crippen LogP contribution is -2.50. The molecule has 1 atom stereocenters. The maximum absolute atomic E-state index is 6.17. The number of hydrogen-bond acceptors (Lipinski definition) is 3. The van der Waals surface area contributed by atoms with Crippen molar-refractivity contribution in [1.29, 1.82) is 0 Å². The molecule has 1 aromatic carbocycles. The SMILES string of the molecule is CC(CN=C(N)N1CCCCC1)N1CCN(c2ccccc2)CC1. The van der Waals surface area contributed by atoms with Gasteiger partial charge in [-0.1, -0.05) is 18.2 Å². The summed E-state index contributed by atoms with van der Waals surface area (Å²) in [5, 5.41) is 0. The molecule has 2 aliphatic rings. The lowest BCUT2D eigenvalue weighted by molar-refractivity contribution is 0.201. The van der Waals surface area contributed by atoms with E-state index in [1.54, 1.807) is 0 Å². The van der Waals surface area contributed by atoms with E-state index in [9.17, 15) is 0 Å². The quantitative estimate of drug-likeness (QED) is 0.678. The molecule has 5 heteroatoms. The first-order chi connectivity index (χ1) is 11.7. The average Bonchev–Trinajstić information content (AvgIpc) is 2.67. The van der Waals surface area contributed by atoms with E-state index in [-0.39, 0.29) is 0 Å². The standard InChI is InChI=1S/C19H31N5/c1-17(16-21-19(20)24-10-6-3-7-11-24)22-12-14-23(15-13-22)18-8-4-2-5-9-18/h2,4-5,8-9,17H,3,6-7,10-16H2,1H3,(H2,20,21). The number of piperidine rings is 1. The van der Waals surface area contributed by atoms with Crippen molar-refractivity contribution in [3.8, 4) is 0 Å². The molecule has 0 bridgehead atoms. The van der Waals surface area contributed by atoms with Crippen LogP contribution in [0, 0.1) is 0 Å². The molecule has 0 amide bonds. The van der Waals surface area contributed by atoms with Gasteiger partial charge in [0.15, 0.2) is 5.96 Å². The molecule has 5 nitrogen and oxygen atoms in total. The maximum Gasteiger partial charge on any atom is 0.191 e. The van der Waals surface area contributed by atoms with E-state index in [1.165, 1.54) is 24.9 Å². The van der Waals surface area contributed by atoms with Crippen molar-refractivity contribution in [3.05, 3.63) is 30.3 Å². The maximum atomic E-state index is 6.17. The van der Waals surface area contributed by atoms with Gasteiger partial charge in [0.05, 0.1) is 6.54 Å². The minimum absolute atomic E-state index is 0.450. The summed E-state index contributed by atoms with van der Waals surface area (Å²) in [4.78, 5) is 11.9. The van der Waals surface area contributed by atoms with Gasteiger partial charge in [0.1, 0.15) is 0 Å². The fourth-order valence-corrected chi connectivity index (χ4v) is 3.62. The third-order valence-electron chi connectivity index (χ3n) is 5.26. The van der Waals surface area contributed by atoms with Crippen LogP contribution in [0.5, 0.6) is 0 Å². The molecule has 0 radical (unpaired) electrons. The molecule has 2 aliphatic heterocycles. The lowest BCUT2D eigenvalue weighted by Gasteiger charge is -2.38. The number of nitrogens with two attached hydrogens (primary N) is 1. The summed E-state index contributed by atoms with van der Waals surface area (Å²) in [6.45, 7) is 9.56. The second kappa shape index (κ2) is 8.38. The van der Waals surface area contributed by atoms with Crippen LogP contribution in [0.15, 0.2) is 35.3 Å². The molecule has 132 valence electrons. The molecule has 0 aliphatic carbocycles. The Hall–Kier alpha value is -1.75. The Balaban J connectivity index is 1.45. The van der Waals surface area contributed by atoms with Crippen LogP contribution >= 0.6 is 0 Å². The van der Waals surface area contributed by atoms with Crippen molar-refractivity contribution in [2.24, 2.45) is 10.7 Å². The first kappa shape index (κ1) is 17.1. The Labute approximate surface area is 146 Å². The zero-order valence-electron chi connectivity index (χ0n) is 14.9. The van der Waals surface area contributed by atoms with Crippen molar-refractivity contribution in [3.63, 3.8) is 0 Å². The van der Waals surface area contributed by atoms with Crippen molar-refractivity contribution >= 4 is 11.6 Å². The van der Waals surface area contributed by atoms with E-state index < -0.39 is 0 Å². The summed E-state index contributed by atoms with van der Waals surface area (Å²) in [5.74, 6) is 0.740. The number of piperazine rings is 1. The monoisotopic (exact) mass is 329 g/mol. The van der Waals surface area contributed by atoms with Crippen molar-refractivity contribution in [2.45, 2.75) is 32.2 Å². The number of nitrogens with zero attached hydrogens (tertiary/aromatic N) is 4. The highest BCUT2D eigenvalue weighted by molar-refractivity contribution is 5.78. The average molecular weight is 329 g/mol. The molecule has 2 N–H and O–H groups in total. The highest BCUT2D eigenvalue weighted by atomic mass is 15.3. The van der Waals surface area contributed by atoms with Crippen LogP contribution < -0.4 is 10.6 Å². The highest BCUT2D eigenvalue weighted by Crippen LogP contribution is 2.16. The molecule has 0 spiro atoms. The molecular formula is C19H31N5. The summed E-state index contributed by atoms with van der Waals surface area (Å²) >= 11 is 0. The van der Waals surface area contributed by atoms with Gasteiger partial charge in [-0.15, -0.1) is 0 Å². The molecule has 3 rings (SSSR count). The van der Waals surface area contributed by atoms with Gasteiger partial charge in [-0.2, -0.15) is 0 Å². The Morgan fingerprint density at radius 3 is 2.33 bits per heavy atom. The summed E-state index contributed by atoms with van der Waals surface area (Å²) in [7, 11) is 0. The second-order valence-electron chi connectivity index (χ2n) is 6.95. The largest absolute Gasteiger partial charge is 0.370 e. The number of guanidine groups is 1. The minimum atomic E-state index is 0.450. The van der Waals surface area contributed by atoms with Crippen LogP contribution in [0.1, 0.15) is 26.2 Å². The van der Waals surface area contributed by atoms with Crippen LogP contribution in [-0.4, -0.2) is 67.6 Å². The Morgan fingerprint density at radius 1 is 1.00 bits per heavy atom. The Morgan fingerprint density at radius 2 is 1.67 bits per heavy atom. The molecule has 1 aromatic rings. The van der Waals surface area contributed by atoms with Gasteiger partial charge in [0, 0.05) is 51.0 Å². The summed E-state index contributed by atoms with van der Waals surface area (Å²) in [5.41, 5.74) is 7.50. The molecule has 24 heavy (non-hydrogen) atoms. The van der Waals surface area contributed by atoms with Gasteiger partial charge in [0.2, 0.25) is 0 Å². The molecular weight excluding hydrogens is 298 g/mol. The smallest absolute Gasteiger partial charge is 0.191 e. The topological polar surface area (TPSA) is 48.1 Å². The van der Waals surface area contributed by atoms with E-state index in [4.69, 9.17) is 5.73 Å². The third kappa shape index (κ3) is 4.41. The van der Waals surface area contributed by atoms with E-state index in [1.807, 2.05) is 0 Å². The zero-order chi connectivity index (χ0) is 16.8. The summed E-state index contributed by atoms with van der Waals surface area (Å²) in [6, 6.07) is 11.1. The van der Waals surface area contributed by atoms with E-state index in [0.717, 1.165) is 51.8 Å². The number of benzene rings is 1. The van der Waals surface area contributed by atoms with E-state index in [2.05, 4.69) is 56.9 Å². The van der Waals surface area contributed by atoms with Gasteiger partial charge in [0.25, 0.3) is 0 Å². The predicted molar refractivity (Wildman–Crippen MR) is 102 cm³/mol. The fourth-order valence-electron chi connectivity index (χ4n) is 3.62. The number of para-hydroxylation sites is 1. The van der Waals surface area contributed by atoms with Gasteiger partial charge >= 0.3 is 0 Å². The molecule has 2 saturated heterocycles. The van der Waals surface area contributed by atoms with Crippen LogP contribution in [0.4, 0.5) is 5.69 Å². The first-order valence-corrected chi connectivity index (χ1v) is 9.33. The molecule has 2 heterocycles. The molecule has 0 aromatic heterocycles. The predicted octanol–water partition coefficient (Wildman–Crippen LogP) is 2.00. The van der Waals surface area contributed by atoms with Crippen molar-refractivity contribution in [2.75, 3.05) is 50.7 Å². The summed E-state index contributed by atoms with van der Waals surface area (Å²) in [6.07, 6.45) is 3.81. The van der Waals surface area contributed by atoms with Crippen LogP contribution in [0.25, 0.3) is 0 Å². The lowest BCUT2D eigenvalue weighted by atomic mass is 10.1. The van der Waals surface area contributed by atoms with Crippen molar-refractivity contribution < 1.29 is 0 Å². The molecule has 1 unspecified atom stereocenters. The third-order valence-corrected chi connectivity index (χ3v) is 5.26. The van der Waals surface area contributed by atoms with Gasteiger partial charge < -0.3 is 15.5 Å². The highest BCUT2D eigenvalue weighted by Gasteiger charge is 2.21. The van der Waals surface area contributed by atoms with Crippen LogP contribution in [0.2, 0.25) is 0 Å². The molecule has 2 fully saturated rings. The fraction of sp³-hybridized carbons (Fsp3) is 0.632. The minimum Gasteiger partial charge on any atom is -0.370 e. The first-order valence-electron chi connectivity index (χ1n) is 9.33. The van der Waals surface area contributed by atoms with Crippen molar-refractivity contribution in [1.82, 2.24) is 9.80 Å². The van der Waals surface area contributed by atoms with E-state index >= 15 is 0 Å². The number of likely N-dealkylation sites (tertiary alicyclic amines) is 1.